The molecule has 1 aromatic rings. The van der Waals surface area contributed by atoms with Crippen LogP contribution < -0.4 is 0 Å². The van der Waals surface area contributed by atoms with E-state index in [2.05, 4.69) is 15.1 Å². The molecule has 0 spiro atoms. The van der Waals surface area contributed by atoms with Gasteiger partial charge in [-0.25, -0.2) is 9.78 Å². The highest BCUT2D eigenvalue weighted by Crippen LogP contribution is 2.11. The van der Waals surface area contributed by atoms with E-state index in [1.165, 1.54) is 11.8 Å². The summed E-state index contributed by atoms with van der Waals surface area (Å²) in [7, 11) is 0. The fraction of sp³-hybridized carbons (Fsp3) is 0.375. The SMILES string of the molecule is CCOC(=O)/C(CSc1ncc[nH]1)=N\O. The van der Waals surface area contributed by atoms with Crippen LogP contribution in [0.1, 0.15) is 6.92 Å². The highest BCUT2D eigenvalue weighted by Gasteiger charge is 2.14. The van der Waals surface area contributed by atoms with E-state index in [0.29, 0.717) is 5.16 Å². The zero-order chi connectivity index (χ0) is 11.1. The number of nitrogens with one attached hydrogen (secondary N) is 1. The largest absolute Gasteiger partial charge is 0.461 e. The van der Waals surface area contributed by atoms with E-state index in [1.807, 2.05) is 0 Å². The molecule has 0 fully saturated rings. The quantitative estimate of drug-likeness (QED) is 0.257. The maximum atomic E-state index is 11.2. The molecule has 6 nitrogen and oxygen atoms in total. The molecule has 0 bridgehead atoms. The van der Waals surface area contributed by atoms with Gasteiger partial charge in [0.2, 0.25) is 0 Å². The van der Waals surface area contributed by atoms with Gasteiger partial charge in [0.05, 0.1) is 12.4 Å². The number of hydrogen-bond donors (Lipinski definition) is 2. The number of aromatic amines is 1. The van der Waals surface area contributed by atoms with Crippen LogP contribution in [0.4, 0.5) is 0 Å². The Bertz CT molecular complexity index is 337. The van der Waals surface area contributed by atoms with Crippen molar-refractivity contribution < 1.29 is 14.7 Å². The summed E-state index contributed by atoms with van der Waals surface area (Å²) in [6.07, 6.45) is 3.27. The van der Waals surface area contributed by atoms with E-state index in [4.69, 9.17) is 9.94 Å². The molecule has 7 heteroatoms. The lowest BCUT2D eigenvalue weighted by Gasteiger charge is -2.02. The molecule has 0 amide bonds. The lowest BCUT2D eigenvalue weighted by molar-refractivity contribution is -0.135. The summed E-state index contributed by atoms with van der Waals surface area (Å²) >= 11 is 1.26. The van der Waals surface area contributed by atoms with E-state index in [-0.39, 0.29) is 18.1 Å². The van der Waals surface area contributed by atoms with Crippen LogP contribution in [0.2, 0.25) is 0 Å². The molecule has 0 unspecified atom stereocenters. The van der Waals surface area contributed by atoms with Crippen molar-refractivity contribution in [2.24, 2.45) is 5.16 Å². The first-order valence-corrected chi connectivity index (χ1v) is 5.26. The number of thioether (sulfide) groups is 1. The molecule has 1 rings (SSSR count). The molecular formula is C8H11N3O3S. The first-order valence-electron chi connectivity index (χ1n) is 4.28. The van der Waals surface area contributed by atoms with Gasteiger partial charge in [0.1, 0.15) is 0 Å². The van der Waals surface area contributed by atoms with Gasteiger partial charge in [0, 0.05) is 12.4 Å². The number of oxime groups is 1. The molecule has 0 saturated carbocycles. The normalized spacial score (nSPS) is 11.4. The van der Waals surface area contributed by atoms with E-state index in [9.17, 15) is 4.79 Å². The molecule has 0 aliphatic heterocycles. The molecule has 2 N–H and O–H groups in total. The summed E-state index contributed by atoms with van der Waals surface area (Å²) in [5.74, 6) is -0.401. The minimum Gasteiger partial charge on any atom is -0.461 e. The van der Waals surface area contributed by atoms with E-state index >= 15 is 0 Å². The van der Waals surface area contributed by atoms with Gasteiger partial charge in [-0.2, -0.15) is 0 Å². The fourth-order valence-corrected chi connectivity index (χ4v) is 1.55. The maximum Gasteiger partial charge on any atom is 0.356 e. The van der Waals surface area contributed by atoms with E-state index in [1.54, 1.807) is 19.3 Å². The summed E-state index contributed by atoms with van der Waals surface area (Å²) in [5, 5.41) is 12.1. The topological polar surface area (TPSA) is 87.6 Å². The van der Waals surface area contributed by atoms with Gasteiger partial charge >= 0.3 is 5.97 Å². The Kier molecular flexibility index (Phi) is 4.69. The molecule has 0 aromatic carbocycles. The Hall–Kier alpha value is -1.50. The van der Waals surface area contributed by atoms with Gasteiger partial charge in [-0.1, -0.05) is 16.9 Å². The Labute approximate surface area is 90.7 Å². The van der Waals surface area contributed by atoms with Crippen molar-refractivity contribution in [2.75, 3.05) is 12.4 Å². The number of H-pyrrole nitrogens is 1. The number of nitrogens with zero attached hydrogens (tertiary/aromatic N) is 2. The second-order valence-corrected chi connectivity index (χ2v) is 3.41. The van der Waals surface area contributed by atoms with Gasteiger partial charge in [-0.15, -0.1) is 0 Å². The van der Waals surface area contributed by atoms with Crippen molar-refractivity contribution in [3.63, 3.8) is 0 Å². The monoisotopic (exact) mass is 229 g/mol. The zero-order valence-electron chi connectivity index (χ0n) is 8.14. The molecule has 0 aliphatic rings. The average Bonchev–Trinajstić information content (AvgIpc) is 2.72. The third-order valence-electron chi connectivity index (χ3n) is 1.45. The highest BCUT2D eigenvalue weighted by molar-refractivity contribution is 7.99. The Morgan fingerprint density at radius 3 is 3.13 bits per heavy atom. The number of imidazole rings is 1. The second-order valence-electron chi connectivity index (χ2n) is 2.45. The molecule has 15 heavy (non-hydrogen) atoms. The van der Waals surface area contributed by atoms with Crippen LogP contribution in [0.5, 0.6) is 0 Å². The highest BCUT2D eigenvalue weighted by atomic mass is 32.2. The summed E-state index contributed by atoms with van der Waals surface area (Å²) in [5.41, 5.74) is -0.0294. The van der Waals surface area contributed by atoms with Crippen LogP contribution in [0.3, 0.4) is 0 Å². The lowest BCUT2D eigenvalue weighted by Crippen LogP contribution is -2.19. The van der Waals surface area contributed by atoms with Crippen LogP contribution in [-0.2, 0) is 9.53 Å². The molecule has 1 aromatic heterocycles. The van der Waals surface area contributed by atoms with Crippen LogP contribution in [0.25, 0.3) is 0 Å². The number of rotatable bonds is 5. The predicted octanol–water partition coefficient (Wildman–Crippen LogP) is 0.895. The summed E-state index contributed by atoms with van der Waals surface area (Å²) in [6, 6.07) is 0. The Morgan fingerprint density at radius 2 is 2.60 bits per heavy atom. The average molecular weight is 229 g/mol. The van der Waals surface area contributed by atoms with Crippen molar-refractivity contribution in [2.45, 2.75) is 12.1 Å². The Morgan fingerprint density at radius 1 is 1.80 bits per heavy atom. The molecule has 1 heterocycles. The summed E-state index contributed by atoms with van der Waals surface area (Å²) in [4.78, 5) is 18.0. The molecule has 0 saturated heterocycles. The predicted molar refractivity (Wildman–Crippen MR) is 55.2 cm³/mol. The van der Waals surface area contributed by atoms with E-state index in [0.717, 1.165) is 0 Å². The first kappa shape index (κ1) is 11.6. The summed E-state index contributed by atoms with van der Waals surface area (Å²) in [6.45, 7) is 1.94. The number of carbonyl (C=O) groups is 1. The van der Waals surface area contributed by atoms with Gasteiger partial charge < -0.3 is 14.9 Å². The minimum absolute atomic E-state index is 0.0294. The van der Waals surface area contributed by atoms with Crippen molar-refractivity contribution in [3.05, 3.63) is 12.4 Å². The van der Waals surface area contributed by atoms with Crippen molar-refractivity contribution in [1.82, 2.24) is 9.97 Å². The fourth-order valence-electron chi connectivity index (χ4n) is 0.809. The van der Waals surface area contributed by atoms with Crippen LogP contribution in [0, 0.1) is 0 Å². The molecular weight excluding hydrogens is 218 g/mol. The molecule has 82 valence electrons. The molecule has 0 aliphatic carbocycles. The number of hydrogen-bond acceptors (Lipinski definition) is 6. The van der Waals surface area contributed by atoms with Crippen molar-refractivity contribution in [1.29, 1.82) is 0 Å². The second kappa shape index (κ2) is 6.07. The van der Waals surface area contributed by atoms with E-state index < -0.39 is 5.97 Å². The number of esters is 1. The van der Waals surface area contributed by atoms with Crippen molar-refractivity contribution >= 4 is 23.4 Å². The first-order chi connectivity index (χ1) is 7.27. The van der Waals surface area contributed by atoms with Gasteiger partial charge in [0.25, 0.3) is 0 Å². The number of carbonyl (C=O) groups excluding carboxylic acids is 1. The molecule has 0 atom stereocenters. The van der Waals surface area contributed by atoms with Gasteiger partial charge in [-0.05, 0) is 6.92 Å². The number of aromatic nitrogens is 2. The number of ether oxygens (including phenoxy) is 1. The Balaban J connectivity index is 2.45. The third-order valence-corrected chi connectivity index (χ3v) is 2.36. The molecule has 0 radical (unpaired) electrons. The smallest absolute Gasteiger partial charge is 0.356 e. The lowest BCUT2D eigenvalue weighted by atomic mass is 10.4. The zero-order valence-corrected chi connectivity index (χ0v) is 8.95. The summed E-state index contributed by atoms with van der Waals surface area (Å²) < 4.78 is 4.69. The van der Waals surface area contributed by atoms with Gasteiger partial charge in [0.15, 0.2) is 10.9 Å². The minimum atomic E-state index is -0.612. The third kappa shape index (κ3) is 3.62. The standard InChI is InChI=1S/C8H11N3O3S/c1-2-14-7(12)6(11-13)5-15-8-9-3-4-10-8/h3-4,13H,2,5H2,1H3,(H,9,10)/b11-6-. The maximum absolute atomic E-state index is 11.2. The van der Waals surface area contributed by atoms with Crippen LogP contribution in [-0.4, -0.2) is 39.2 Å². The van der Waals surface area contributed by atoms with Crippen LogP contribution >= 0.6 is 11.8 Å². The van der Waals surface area contributed by atoms with Crippen molar-refractivity contribution in [3.8, 4) is 0 Å². The van der Waals surface area contributed by atoms with Crippen LogP contribution in [0.15, 0.2) is 22.7 Å². The van der Waals surface area contributed by atoms with Gasteiger partial charge in [-0.3, -0.25) is 0 Å².